The van der Waals surface area contributed by atoms with Crippen LogP contribution < -0.4 is 10.6 Å². The summed E-state index contributed by atoms with van der Waals surface area (Å²) in [6.07, 6.45) is 10.1. The molecule has 2 N–H and O–H groups in total. The van der Waals surface area contributed by atoms with Crippen molar-refractivity contribution in [3.05, 3.63) is 23.9 Å². The van der Waals surface area contributed by atoms with Gasteiger partial charge in [0.1, 0.15) is 0 Å². The highest BCUT2D eigenvalue weighted by molar-refractivity contribution is 5.16. The van der Waals surface area contributed by atoms with Crippen molar-refractivity contribution in [1.82, 2.24) is 10.6 Å². The highest BCUT2D eigenvalue weighted by Crippen LogP contribution is 2.05. The molecule has 0 amide bonds. The first kappa shape index (κ1) is 11.3. The summed E-state index contributed by atoms with van der Waals surface area (Å²) in [6, 6.07) is 0.656. The predicted molar refractivity (Wildman–Crippen MR) is 62.2 cm³/mol. The van der Waals surface area contributed by atoms with Crippen LogP contribution in [0.4, 0.5) is 0 Å². The minimum atomic E-state index is 0.656. The van der Waals surface area contributed by atoms with Gasteiger partial charge in [0.15, 0.2) is 0 Å². The third-order valence-corrected chi connectivity index (χ3v) is 2.55. The molecule has 0 aromatic carbocycles. The second-order valence-corrected chi connectivity index (χ2v) is 3.72. The number of nitrogens with one attached hydrogen (secondary N) is 2. The van der Waals surface area contributed by atoms with Gasteiger partial charge in [-0.2, -0.15) is 0 Å². The average Bonchev–Trinajstić information content (AvgIpc) is 2.25. The molecular weight excluding hydrogens is 172 g/mol. The molecule has 0 spiro atoms. The third-order valence-electron chi connectivity index (χ3n) is 2.55. The number of hydrogen-bond acceptors (Lipinski definition) is 2. The van der Waals surface area contributed by atoms with Crippen LogP contribution in [0.25, 0.3) is 0 Å². The van der Waals surface area contributed by atoms with E-state index in [-0.39, 0.29) is 0 Å². The molecule has 0 unspecified atom stereocenters. The van der Waals surface area contributed by atoms with Crippen molar-refractivity contribution in [3.8, 4) is 0 Å². The summed E-state index contributed by atoms with van der Waals surface area (Å²) in [4.78, 5) is 0. The summed E-state index contributed by atoms with van der Waals surface area (Å²) < 4.78 is 0. The molecule has 0 aromatic heterocycles. The molecule has 2 heteroatoms. The normalized spacial score (nSPS) is 20.3. The van der Waals surface area contributed by atoms with Gasteiger partial charge >= 0.3 is 0 Å². The van der Waals surface area contributed by atoms with Crippen molar-refractivity contribution in [1.29, 1.82) is 0 Å². The first-order valence-corrected chi connectivity index (χ1v) is 5.67. The summed E-state index contributed by atoms with van der Waals surface area (Å²) in [5, 5.41) is 6.95. The zero-order chi connectivity index (χ0) is 10.2. The average molecular weight is 194 g/mol. The van der Waals surface area contributed by atoms with Gasteiger partial charge in [-0.25, -0.2) is 0 Å². The molecule has 1 aliphatic rings. The van der Waals surface area contributed by atoms with Crippen LogP contribution in [-0.2, 0) is 0 Å². The fourth-order valence-corrected chi connectivity index (χ4v) is 1.67. The maximum Gasteiger partial charge on any atom is 0.0295 e. The van der Waals surface area contributed by atoms with E-state index in [0.717, 1.165) is 19.5 Å². The van der Waals surface area contributed by atoms with E-state index in [2.05, 4.69) is 42.7 Å². The van der Waals surface area contributed by atoms with Gasteiger partial charge in [-0.1, -0.05) is 19.1 Å². The number of allylic oxidation sites excluding steroid dienone is 3. The van der Waals surface area contributed by atoms with E-state index in [9.17, 15) is 0 Å². The lowest BCUT2D eigenvalue weighted by molar-refractivity contribution is 0.414. The maximum absolute atomic E-state index is 3.57. The minimum absolute atomic E-state index is 0.656. The van der Waals surface area contributed by atoms with Gasteiger partial charge in [0.05, 0.1) is 0 Å². The molecule has 1 rings (SSSR count). The van der Waals surface area contributed by atoms with Gasteiger partial charge in [-0.15, -0.1) is 0 Å². The second-order valence-electron chi connectivity index (χ2n) is 3.72. The Balaban J connectivity index is 2.35. The zero-order valence-corrected chi connectivity index (χ0v) is 9.34. The fourth-order valence-electron chi connectivity index (χ4n) is 1.67. The highest BCUT2D eigenvalue weighted by atomic mass is 15.0. The molecule has 0 aromatic rings. The Labute approximate surface area is 87.5 Å². The standard InChI is InChI=1S/C12H22N2/c1-3-5-6-11(4-2)14-12-7-9-13-10-8-12/h4-6,12-14H,3,7-10H2,1-2H3/b6-5-,11-4+. The minimum Gasteiger partial charge on any atom is -0.382 e. The Morgan fingerprint density at radius 3 is 2.71 bits per heavy atom. The first-order chi connectivity index (χ1) is 6.86. The molecule has 1 aliphatic heterocycles. The molecule has 80 valence electrons. The highest BCUT2D eigenvalue weighted by Gasteiger charge is 2.11. The van der Waals surface area contributed by atoms with E-state index in [0.29, 0.717) is 6.04 Å². The summed E-state index contributed by atoms with van der Waals surface area (Å²) >= 11 is 0. The van der Waals surface area contributed by atoms with E-state index in [1.165, 1.54) is 18.5 Å². The molecule has 1 saturated heterocycles. The Morgan fingerprint density at radius 2 is 2.14 bits per heavy atom. The monoisotopic (exact) mass is 194 g/mol. The van der Waals surface area contributed by atoms with Crippen LogP contribution in [0.2, 0.25) is 0 Å². The van der Waals surface area contributed by atoms with Crippen molar-refractivity contribution < 1.29 is 0 Å². The molecule has 0 radical (unpaired) electrons. The molecular formula is C12H22N2. The van der Waals surface area contributed by atoms with Gasteiger partial charge in [0.2, 0.25) is 0 Å². The lowest BCUT2D eigenvalue weighted by Crippen LogP contribution is -2.39. The van der Waals surface area contributed by atoms with E-state index in [4.69, 9.17) is 0 Å². The summed E-state index contributed by atoms with van der Waals surface area (Å²) in [5.74, 6) is 0. The number of hydrogen-bond donors (Lipinski definition) is 2. The lowest BCUT2D eigenvalue weighted by Gasteiger charge is -2.25. The Morgan fingerprint density at radius 1 is 1.43 bits per heavy atom. The topological polar surface area (TPSA) is 24.1 Å². The van der Waals surface area contributed by atoms with Gasteiger partial charge in [-0.3, -0.25) is 0 Å². The summed E-state index contributed by atoms with van der Waals surface area (Å²) in [7, 11) is 0. The Kier molecular flexibility index (Phi) is 5.38. The zero-order valence-electron chi connectivity index (χ0n) is 9.34. The van der Waals surface area contributed by atoms with Gasteiger partial charge < -0.3 is 10.6 Å². The van der Waals surface area contributed by atoms with Crippen molar-refractivity contribution in [2.75, 3.05) is 13.1 Å². The van der Waals surface area contributed by atoms with Gasteiger partial charge in [0, 0.05) is 11.7 Å². The molecule has 2 nitrogen and oxygen atoms in total. The molecule has 0 aliphatic carbocycles. The molecule has 1 fully saturated rings. The van der Waals surface area contributed by atoms with Crippen LogP contribution in [0, 0.1) is 0 Å². The summed E-state index contributed by atoms with van der Waals surface area (Å²) in [6.45, 7) is 6.54. The van der Waals surface area contributed by atoms with Crippen LogP contribution in [0.15, 0.2) is 23.9 Å². The number of rotatable bonds is 4. The molecule has 0 saturated carbocycles. The molecule has 0 bridgehead atoms. The maximum atomic E-state index is 3.57. The molecule has 0 atom stereocenters. The number of piperidine rings is 1. The predicted octanol–water partition coefficient (Wildman–Crippen LogP) is 2.20. The van der Waals surface area contributed by atoms with E-state index in [1.807, 2.05) is 0 Å². The Hall–Kier alpha value is -0.760. The quantitative estimate of drug-likeness (QED) is 0.670. The van der Waals surface area contributed by atoms with Crippen LogP contribution in [0.1, 0.15) is 33.1 Å². The van der Waals surface area contributed by atoms with Crippen molar-refractivity contribution in [2.45, 2.75) is 39.2 Å². The van der Waals surface area contributed by atoms with E-state index >= 15 is 0 Å². The smallest absolute Gasteiger partial charge is 0.0295 e. The first-order valence-electron chi connectivity index (χ1n) is 5.67. The van der Waals surface area contributed by atoms with Crippen LogP contribution in [-0.4, -0.2) is 19.1 Å². The van der Waals surface area contributed by atoms with Crippen molar-refractivity contribution in [3.63, 3.8) is 0 Å². The third kappa shape index (κ3) is 3.97. The van der Waals surface area contributed by atoms with Crippen molar-refractivity contribution in [2.24, 2.45) is 0 Å². The van der Waals surface area contributed by atoms with Crippen molar-refractivity contribution >= 4 is 0 Å². The van der Waals surface area contributed by atoms with Gasteiger partial charge in [0.25, 0.3) is 0 Å². The summed E-state index contributed by atoms with van der Waals surface area (Å²) in [5.41, 5.74) is 1.26. The van der Waals surface area contributed by atoms with Crippen LogP contribution in [0.3, 0.4) is 0 Å². The van der Waals surface area contributed by atoms with Gasteiger partial charge in [-0.05, 0) is 45.4 Å². The SMILES string of the molecule is C/C=C(\C=C/CC)NC1CCNCC1. The fraction of sp³-hybridized carbons (Fsp3) is 0.667. The lowest BCUT2D eigenvalue weighted by atomic mass is 10.1. The van der Waals surface area contributed by atoms with E-state index < -0.39 is 0 Å². The Bertz CT molecular complexity index is 200. The van der Waals surface area contributed by atoms with Crippen LogP contribution in [0.5, 0.6) is 0 Å². The largest absolute Gasteiger partial charge is 0.382 e. The molecule has 14 heavy (non-hydrogen) atoms. The van der Waals surface area contributed by atoms with E-state index in [1.54, 1.807) is 0 Å². The van der Waals surface area contributed by atoms with Crippen LogP contribution >= 0.6 is 0 Å². The second kappa shape index (κ2) is 6.66. The molecule has 1 heterocycles.